The van der Waals surface area contributed by atoms with Gasteiger partial charge in [0.05, 0.1) is 6.10 Å². The number of amides is 1. The summed E-state index contributed by atoms with van der Waals surface area (Å²) in [4.78, 5) is 22.8. The van der Waals surface area contributed by atoms with Crippen LogP contribution in [0, 0.1) is 5.92 Å². The van der Waals surface area contributed by atoms with Crippen molar-refractivity contribution in [1.82, 2.24) is 15.1 Å². The van der Waals surface area contributed by atoms with Crippen LogP contribution in [0.2, 0.25) is 0 Å². The Bertz CT molecular complexity index is 470. The highest BCUT2D eigenvalue weighted by Gasteiger charge is 2.15. The van der Waals surface area contributed by atoms with E-state index in [9.17, 15) is 14.7 Å². The summed E-state index contributed by atoms with van der Waals surface area (Å²) in [7, 11) is 1.48. The van der Waals surface area contributed by atoms with Crippen LogP contribution in [-0.2, 0) is 7.05 Å². The largest absolute Gasteiger partial charge is 0.391 e. The van der Waals surface area contributed by atoms with Crippen molar-refractivity contribution in [1.29, 1.82) is 0 Å². The highest BCUT2D eigenvalue weighted by atomic mass is 16.3. The predicted octanol–water partition coefficient (Wildman–Crippen LogP) is -0.0829. The van der Waals surface area contributed by atoms with Gasteiger partial charge in [0.15, 0.2) is 0 Å². The number of aliphatic hydroxyl groups excluding tert-OH is 1. The minimum Gasteiger partial charge on any atom is -0.391 e. The maximum absolute atomic E-state index is 11.7. The van der Waals surface area contributed by atoms with Crippen molar-refractivity contribution < 1.29 is 9.90 Å². The maximum atomic E-state index is 11.7. The average molecular weight is 253 g/mol. The third kappa shape index (κ3) is 3.66. The lowest BCUT2D eigenvalue weighted by Crippen LogP contribution is -2.36. The number of aliphatic hydroxyl groups is 1. The monoisotopic (exact) mass is 253 g/mol. The van der Waals surface area contributed by atoms with E-state index in [-0.39, 0.29) is 23.7 Å². The fourth-order valence-corrected chi connectivity index (χ4v) is 1.38. The quantitative estimate of drug-likeness (QED) is 0.768. The molecule has 2 atom stereocenters. The molecule has 2 N–H and O–H groups in total. The molecule has 1 amide bonds. The van der Waals surface area contributed by atoms with Gasteiger partial charge in [-0.15, -0.1) is 0 Å². The second kappa shape index (κ2) is 6.30. The van der Waals surface area contributed by atoms with E-state index in [1.807, 2.05) is 13.8 Å². The predicted molar refractivity (Wildman–Crippen MR) is 67.3 cm³/mol. The molecule has 0 radical (unpaired) electrons. The number of aryl methyl sites for hydroxylation is 1. The summed E-state index contributed by atoms with van der Waals surface area (Å²) >= 11 is 0. The molecule has 1 heterocycles. The molecule has 18 heavy (non-hydrogen) atoms. The van der Waals surface area contributed by atoms with Crippen molar-refractivity contribution in [2.24, 2.45) is 13.0 Å². The summed E-state index contributed by atoms with van der Waals surface area (Å²) < 4.78 is 1.10. The van der Waals surface area contributed by atoms with Gasteiger partial charge in [0, 0.05) is 19.7 Å². The molecule has 0 aliphatic carbocycles. The molecule has 6 heteroatoms. The van der Waals surface area contributed by atoms with Crippen LogP contribution in [0.1, 0.15) is 30.8 Å². The molecular weight excluding hydrogens is 234 g/mol. The Morgan fingerprint density at radius 3 is 2.78 bits per heavy atom. The van der Waals surface area contributed by atoms with E-state index in [1.165, 1.54) is 19.2 Å². The lowest BCUT2D eigenvalue weighted by Gasteiger charge is -2.17. The van der Waals surface area contributed by atoms with Crippen molar-refractivity contribution in [3.8, 4) is 0 Å². The number of nitrogens with zero attached hydrogens (tertiary/aromatic N) is 2. The van der Waals surface area contributed by atoms with Crippen molar-refractivity contribution in [2.75, 3.05) is 6.54 Å². The zero-order chi connectivity index (χ0) is 13.7. The van der Waals surface area contributed by atoms with Crippen LogP contribution in [0.4, 0.5) is 0 Å². The molecule has 100 valence electrons. The zero-order valence-corrected chi connectivity index (χ0v) is 10.9. The van der Waals surface area contributed by atoms with Gasteiger partial charge in [-0.2, -0.15) is 5.10 Å². The lowest BCUT2D eigenvalue weighted by molar-refractivity contribution is 0.0844. The van der Waals surface area contributed by atoms with Crippen molar-refractivity contribution in [3.05, 3.63) is 28.2 Å². The van der Waals surface area contributed by atoms with E-state index < -0.39 is 12.0 Å². The smallest absolute Gasteiger partial charge is 0.271 e. The number of aromatic nitrogens is 2. The molecule has 0 spiro atoms. The summed E-state index contributed by atoms with van der Waals surface area (Å²) in [6.07, 6.45) is 0.265. The van der Waals surface area contributed by atoms with Gasteiger partial charge in [-0.05, 0) is 12.0 Å². The van der Waals surface area contributed by atoms with E-state index in [4.69, 9.17) is 0 Å². The fraction of sp³-hybridized carbons (Fsp3) is 0.583. The third-order valence-electron chi connectivity index (χ3n) is 2.97. The number of carbonyl (C=O) groups excluding carboxylic acids is 1. The second-order valence-corrected chi connectivity index (χ2v) is 4.34. The molecule has 0 saturated heterocycles. The molecule has 0 aliphatic heterocycles. The van der Waals surface area contributed by atoms with Crippen LogP contribution >= 0.6 is 0 Å². The van der Waals surface area contributed by atoms with Gasteiger partial charge < -0.3 is 10.4 Å². The second-order valence-electron chi connectivity index (χ2n) is 4.34. The van der Waals surface area contributed by atoms with E-state index in [2.05, 4.69) is 10.4 Å². The number of rotatable bonds is 5. The number of hydrogen-bond donors (Lipinski definition) is 2. The summed E-state index contributed by atoms with van der Waals surface area (Å²) in [6.45, 7) is 4.07. The Kier molecular flexibility index (Phi) is 5.03. The molecule has 0 aromatic carbocycles. The Balaban J connectivity index is 2.60. The SMILES string of the molecule is CCC(C)C(O)CNC(=O)c1ccc(=O)n(C)n1. The van der Waals surface area contributed by atoms with Crippen LogP contribution in [0.5, 0.6) is 0 Å². The topological polar surface area (TPSA) is 84.2 Å². The first-order chi connectivity index (χ1) is 8.45. The first kappa shape index (κ1) is 14.4. The van der Waals surface area contributed by atoms with Crippen molar-refractivity contribution in [2.45, 2.75) is 26.4 Å². The van der Waals surface area contributed by atoms with Crippen LogP contribution in [0.25, 0.3) is 0 Å². The molecule has 0 fully saturated rings. The molecule has 1 rings (SSSR count). The van der Waals surface area contributed by atoms with E-state index in [1.54, 1.807) is 0 Å². The van der Waals surface area contributed by atoms with Crippen LogP contribution in [-0.4, -0.2) is 33.4 Å². The normalized spacial score (nSPS) is 14.0. The summed E-state index contributed by atoms with van der Waals surface area (Å²) in [5, 5.41) is 16.1. The van der Waals surface area contributed by atoms with Crippen molar-refractivity contribution >= 4 is 5.91 Å². The average Bonchev–Trinajstić information content (AvgIpc) is 2.37. The van der Waals surface area contributed by atoms with Crippen LogP contribution in [0.3, 0.4) is 0 Å². The van der Waals surface area contributed by atoms with Gasteiger partial charge in [-0.3, -0.25) is 9.59 Å². The molecule has 6 nitrogen and oxygen atoms in total. The number of nitrogens with one attached hydrogen (secondary N) is 1. The van der Waals surface area contributed by atoms with Gasteiger partial charge in [0.25, 0.3) is 11.5 Å². The Morgan fingerprint density at radius 2 is 2.22 bits per heavy atom. The van der Waals surface area contributed by atoms with Crippen molar-refractivity contribution in [3.63, 3.8) is 0 Å². The molecule has 0 bridgehead atoms. The van der Waals surface area contributed by atoms with Gasteiger partial charge in [0.1, 0.15) is 5.69 Å². The zero-order valence-electron chi connectivity index (χ0n) is 10.9. The van der Waals surface area contributed by atoms with Gasteiger partial charge >= 0.3 is 0 Å². The minimum absolute atomic E-state index is 0.124. The standard InChI is InChI=1S/C12H19N3O3/c1-4-8(2)10(16)7-13-12(18)9-5-6-11(17)15(3)14-9/h5-6,8,10,16H,4,7H2,1-3H3,(H,13,18). The number of carbonyl (C=O) groups is 1. The first-order valence-corrected chi connectivity index (χ1v) is 5.96. The van der Waals surface area contributed by atoms with E-state index >= 15 is 0 Å². The maximum Gasteiger partial charge on any atom is 0.271 e. The molecule has 2 unspecified atom stereocenters. The van der Waals surface area contributed by atoms with E-state index in [0.717, 1.165) is 11.1 Å². The fourth-order valence-electron chi connectivity index (χ4n) is 1.38. The van der Waals surface area contributed by atoms with E-state index in [0.29, 0.717) is 0 Å². The number of hydrogen-bond acceptors (Lipinski definition) is 4. The Hall–Kier alpha value is -1.69. The van der Waals surface area contributed by atoms with Gasteiger partial charge in [0.2, 0.25) is 0 Å². The summed E-state index contributed by atoms with van der Waals surface area (Å²) in [5.41, 5.74) is -0.111. The first-order valence-electron chi connectivity index (χ1n) is 5.96. The van der Waals surface area contributed by atoms with Crippen LogP contribution < -0.4 is 10.9 Å². The lowest BCUT2D eigenvalue weighted by atomic mass is 10.0. The molecule has 1 aromatic rings. The highest BCUT2D eigenvalue weighted by Crippen LogP contribution is 2.06. The Morgan fingerprint density at radius 1 is 1.56 bits per heavy atom. The Labute approximate surface area is 106 Å². The minimum atomic E-state index is -0.577. The summed E-state index contributed by atoms with van der Waals surface area (Å²) in [6, 6.07) is 2.65. The third-order valence-corrected chi connectivity index (χ3v) is 2.97. The highest BCUT2D eigenvalue weighted by molar-refractivity contribution is 5.91. The molecular formula is C12H19N3O3. The molecule has 1 aromatic heterocycles. The van der Waals surface area contributed by atoms with Gasteiger partial charge in [-0.1, -0.05) is 20.3 Å². The van der Waals surface area contributed by atoms with Gasteiger partial charge in [-0.25, -0.2) is 4.68 Å². The van der Waals surface area contributed by atoms with Crippen LogP contribution in [0.15, 0.2) is 16.9 Å². The summed E-state index contributed by atoms with van der Waals surface area (Å²) in [5.74, 6) is -0.272. The molecule has 0 saturated carbocycles. The molecule has 0 aliphatic rings.